The summed E-state index contributed by atoms with van der Waals surface area (Å²) in [5.41, 5.74) is 0. The minimum Gasteiger partial charge on any atom is -0.394 e. The molecule has 17 unspecified atom stereocenters. The van der Waals surface area contributed by atoms with Crippen molar-refractivity contribution in [1.29, 1.82) is 0 Å². The fourth-order valence-electron chi connectivity index (χ4n) is 12.8. The van der Waals surface area contributed by atoms with Gasteiger partial charge in [0.05, 0.1) is 38.6 Å². The molecule has 3 fully saturated rings. The molecule has 0 radical (unpaired) electrons. The molecule has 3 rings (SSSR count). The standard InChI is InChI=1S/C71H135NO18/c1-3-5-7-9-11-13-15-16-17-18-19-20-21-22-23-24-25-26-27-28-29-30-31-32-33-34-35-36-37-38-39-41-43-45-47-49-59(77)72-54(55(76)48-46-44-42-40-14-12-10-8-6-4-2)53-85-69-65(83)62(80)67(57(51-74)87-69)90-71-66(84)63(81)68(58(52-75)88-71)89-70-64(82)61(79)60(78)56(50-73)86-70/h46,48,54-58,60-71,73-76,78-84H,3-45,47,49-53H2,1-2H3,(H,72,77)/b48-46+. The third-order valence-corrected chi connectivity index (χ3v) is 18.8. The Morgan fingerprint density at radius 3 is 1.04 bits per heavy atom. The SMILES string of the molecule is CCCCCCCCCC/C=C/C(O)C(COC1OC(CO)C(OC2OC(CO)C(OC3OC(CO)C(O)C(O)C3O)C(O)C2O)C(O)C1O)NC(=O)CCCCCCCCCCCCCCCCCCCCCCCCCCCCCCCCCCCCC. The highest BCUT2D eigenvalue weighted by Gasteiger charge is 2.53. The monoisotopic (exact) mass is 1290 g/mol. The molecular formula is C71H135NO18. The summed E-state index contributed by atoms with van der Waals surface area (Å²) in [5.74, 6) is -0.271. The van der Waals surface area contributed by atoms with E-state index in [9.17, 15) is 61.0 Å². The lowest BCUT2D eigenvalue weighted by molar-refractivity contribution is -0.379. The number of nitrogens with one attached hydrogen (secondary N) is 1. The van der Waals surface area contributed by atoms with Crippen molar-refractivity contribution in [3.05, 3.63) is 12.2 Å². The van der Waals surface area contributed by atoms with Gasteiger partial charge in [-0.15, -0.1) is 0 Å². The third kappa shape index (κ3) is 35.0. The molecule has 0 aliphatic carbocycles. The fourth-order valence-corrected chi connectivity index (χ4v) is 12.8. The fraction of sp³-hybridized carbons (Fsp3) is 0.958. The number of hydrogen-bond donors (Lipinski definition) is 12. The number of carbonyl (C=O) groups is 1. The van der Waals surface area contributed by atoms with Gasteiger partial charge in [-0.25, -0.2) is 0 Å². The van der Waals surface area contributed by atoms with Crippen molar-refractivity contribution in [3.8, 4) is 0 Å². The molecule has 90 heavy (non-hydrogen) atoms. The lowest BCUT2D eigenvalue weighted by Crippen LogP contribution is -2.66. The molecule has 3 aliphatic heterocycles. The number of aliphatic hydroxyl groups is 11. The highest BCUT2D eigenvalue weighted by molar-refractivity contribution is 5.76. The summed E-state index contributed by atoms with van der Waals surface area (Å²) in [6, 6.07) is -0.967. The summed E-state index contributed by atoms with van der Waals surface area (Å²) in [6.45, 7) is 1.73. The molecule has 532 valence electrons. The Kier molecular flexibility index (Phi) is 49.3. The van der Waals surface area contributed by atoms with Crippen molar-refractivity contribution in [2.24, 2.45) is 0 Å². The van der Waals surface area contributed by atoms with Crippen LogP contribution in [0.5, 0.6) is 0 Å². The topological polar surface area (TPSA) is 307 Å². The van der Waals surface area contributed by atoms with Crippen LogP contribution in [0.3, 0.4) is 0 Å². The van der Waals surface area contributed by atoms with Gasteiger partial charge in [0.25, 0.3) is 0 Å². The maximum Gasteiger partial charge on any atom is 0.220 e. The van der Waals surface area contributed by atoms with E-state index in [0.29, 0.717) is 6.42 Å². The second-order valence-electron chi connectivity index (χ2n) is 26.8. The molecule has 3 aliphatic rings. The maximum atomic E-state index is 13.4. The maximum absolute atomic E-state index is 13.4. The van der Waals surface area contributed by atoms with Crippen LogP contribution >= 0.6 is 0 Å². The van der Waals surface area contributed by atoms with Crippen LogP contribution in [0.2, 0.25) is 0 Å². The first-order valence-corrected chi connectivity index (χ1v) is 36.9. The number of allylic oxidation sites excluding steroid dienone is 1. The van der Waals surface area contributed by atoms with E-state index in [1.165, 1.54) is 231 Å². The quantitative estimate of drug-likeness (QED) is 0.0199. The molecule has 0 aromatic heterocycles. The second kappa shape index (κ2) is 53.6. The molecule has 0 aromatic carbocycles. The highest BCUT2D eigenvalue weighted by Crippen LogP contribution is 2.33. The highest BCUT2D eigenvalue weighted by atomic mass is 16.8. The summed E-state index contributed by atoms with van der Waals surface area (Å²) in [4.78, 5) is 13.4. The van der Waals surface area contributed by atoms with Gasteiger partial charge in [0.1, 0.15) is 73.2 Å². The second-order valence-corrected chi connectivity index (χ2v) is 26.8. The Hall–Kier alpha value is -1.47. The summed E-state index contributed by atoms with van der Waals surface area (Å²) < 4.78 is 34.3. The molecule has 1 amide bonds. The molecule has 12 N–H and O–H groups in total. The van der Waals surface area contributed by atoms with E-state index in [2.05, 4.69) is 19.2 Å². The van der Waals surface area contributed by atoms with E-state index in [-0.39, 0.29) is 18.9 Å². The summed E-state index contributed by atoms with van der Waals surface area (Å²) in [7, 11) is 0. The molecule has 17 atom stereocenters. The van der Waals surface area contributed by atoms with Gasteiger partial charge in [0.2, 0.25) is 5.91 Å². The first kappa shape index (κ1) is 82.8. The average Bonchev–Trinajstić information content (AvgIpc) is 0.881. The van der Waals surface area contributed by atoms with Gasteiger partial charge in [-0.05, 0) is 19.3 Å². The number of aliphatic hydroxyl groups excluding tert-OH is 11. The van der Waals surface area contributed by atoms with Crippen molar-refractivity contribution in [2.45, 2.75) is 407 Å². The molecule has 0 saturated carbocycles. The van der Waals surface area contributed by atoms with Crippen LogP contribution in [-0.2, 0) is 33.2 Å². The van der Waals surface area contributed by atoms with Crippen molar-refractivity contribution in [1.82, 2.24) is 5.32 Å². The number of ether oxygens (including phenoxy) is 6. The van der Waals surface area contributed by atoms with Crippen LogP contribution in [0.4, 0.5) is 0 Å². The van der Waals surface area contributed by atoms with Crippen molar-refractivity contribution >= 4 is 5.91 Å². The molecule has 3 saturated heterocycles. The normalized spacial score (nSPS) is 28.0. The zero-order chi connectivity index (χ0) is 65.4. The van der Waals surface area contributed by atoms with Gasteiger partial charge in [0, 0.05) is 6.42 Å². The van der Waals surface area contributed by atoms with Gasteiger partial charge in [-0.1, -0.05) is 289 Å². The zero-order valence-corrected chi connectivity index (χ0v) is 56.4. The van der Waals surface area contributed by atoms with Crippen LogP contribution in [0.1, 0.15) is 303 Å². The van der Waals surface area contributed by atoms with Crippen LogP contribution in [0, 0.1) is 0 Å². The predicted octanol–water partition coefficient (Wildman–Crippen LogP) is 10.4. The first-order chi connectivity index (χ1) is 43.8. The number of hydrogen-bond acceptors (Lipinski definition) is 18. The van der Waals surface area contributed by atoms with Crippen molar-refractivity contribution in [3.63, 3.8) is 0 Å². The van der Waals surface area contributed by atoms with E-state index in [0.717, 1.165) is 44.9 Å². The molecule has 0 spiro atoms. The smallest absolute Gasteiger partial charge is 0.220 e. The molecule has 0 aromatic rings. The largest absolute Gasteiger partial charge is 0.394 e. The van der Waals surface area contributed by atoms with Crippen molar-refractivity contribution < 1.29 is 89.4 Å². The Balaban J connectivity index is 1.29. The summed E-state index contributed by atoms with van der Waals surface area (Å²) in [5, 5.41) is 120. The minimum atomic E-state index is -1.97. The van der Waals surface area contributed by atoms with Crippen LogP contribution < -0.4 is 5.32 Å². The molecule has 19 heteroatoms. The van der Waals surface area contributed by atoms with E-state index in [4.69, 9.17) is 28.4 Å². The van der Waals surface area contributed by atoms with E-state index < -0.39 is 124 Å². The van der Waals surface area contributed by atoms with Crippen LogP contribution in [0.25, 0.3) is 0 Å². The predicted molar refractivity (Wildman–Crippen MR) is 351 cm³/mol. The van der Waals surface area contributed by atoms with Gasteiger partial charge in [-0.2, -0.15) is 0 Å². The number of amides is 1. The minimum absolute atomic E-state index is 0.249. The van der Waals surface area contributed by atoms with Crippen LogP contribution in [-0.4, -0.2) is 193 Å². The molecular weight excluding hydrogens is 1150 g/mol. The zero-order valence-electron chi connectivity index (χ0n) is 56.4. The Morgan fingerprint density at radius 1 is 0.389 bits per heavy atom. The Bertz CT molecular complexity index is 1680. The Labute approximate surface area is 544 Å². The molecule has 0 bridgehead atoms. The molecule has 19 nitrogen and oxygen atoms in total. The summed E-state index contributed by atoms with van der Waals surface area (Å²) in [6.07, 6.45) is 34.0. The van der Waals surface area contributed by atoms with Gasteiger partial charge < -0.3 is 89.9 Å². The summed E-state index contributed by atoms with van der Waals surface area (Å²) >= 11 is 0. The Morgan fingerprint density at radius 2 is 0.689 bits per heavy atom. The lowest BCUT2D eigenvalue weighted by Gasteiger charge is -2.48. The van der Waals surface area contributed by atoms with Gasteiger partial charge in [-0.3, -0.25) is 4.79 Å². The van der Waals surface area contributed by atoms with Gasteiger partial charge >= 0.3 is 0 Å². The van der Waals surface area contributed by atoms with Crippen LogP contribution in [0.15, 0.2) is 12.2 Å². The third-order valence-electron chi connectivity index (χ3n) is 18.8. The van der Waals surface area contributed by atoms with E-state index in [1.807, 2.05) is 6.08 Å². The van der Waals surface area contributed by atoms with E-state index in [1.54, 1.807) is 6.08 Å². The average molecular weight is 1290 g/mol. The number of unbranched alkanes of at least 4 members (excludes halogenated alkanes) is 42. The van der Waals surface area contributed by atoms with Crippen molar-refractivity contribution in [2.75, 3.05) is 26.4 Å². The number of rotatable bonds is 58. The molecule has 3 heterocycles. The van der Waals surface area contributed by atoms with Gasteiger partial charge in [0.15, 0.2) is 18.9 Å². The van der Waals surface area contributed by atoms with E-state index >= 15 is 0 Å². The number of carbonyl (C=O) groups excluding carboxylic acids is 1. The first-order valence-electron chi connectivity index (χ1n) is 36.9. The lowest BCUT2D eigenvalue weighted by atomic mass is 9.96.